The van der Waals surface area contributed by atoms with E-state index >= 15 is 0 Å². The first-order chi connectivity index (χ1) is 17.3. The molecule has 1 saturated heterocycles. The summed E-state index contributed by atoms with van der Waals surface area (Å²) in [5.41, 5.74) is 3.73. The van der Waals surface area contributed by atoms with Crippen molar-refractivity contribution in [3.8, 4) is 5.75 Å². The Morgan fingerprint density at radius 2 is 1.78 bits per heavy atom. The summed E-state index contributed by atoms with van der Waals surface area (Å²) in [6, 6.07) is 19.3. The Hall–Kier alpha value is -4.03. The Kier molecular flexibility index (Phi) is 6.06. The number of methoxy groups -OCH3 is 1. The van der Waals surface area contributed by atoms with Crippen LogP contribution in [0, 0.1) is 0 Å². The van der Waals surface area contributed by atoms with Crippen LogP contribution in [0.5, 0.6) is 5.75 Å². The van der Waals surface area contributed by atoms with Crippen molar-refractivity contribution in [3.63, 3.8) is 0 Å². The van der Waals surface area contributed by atoms with Gasteiger partial charge in [0.05, 0.1) is 23.7 Å². The molecular weight excluding hydrogens is 476 g/mol. The van der Waals surface area contributed by atoms with E-state index in [0.29, 0.717) is 17.0 Å². The summed E-state index contributed by atoms with van der Waals surface area (Å²) in [5.74, 6) is -1.30. The summed E-state index contributed by atoms with van der Waals surface area (Å²) in [6.07, 6.45) is 2.76. The second kappa shape index (κ2) is 9.21. The number of carbonyl (C=O) groups is 2. The van der Waals surface area contributed by atoms with E-state index in [0.717, 1.165) is 28.5 Å². The third kappa shape index (κ3) is 3.74. The Morgan fingerprint density at radius 1 is 1.06 bits per heavy atom. The van der Waals surface area contributed by atoms with Gasteiger partial charge in [-0.25, -0.2) is 0 Å². The predicted molar refractivity (Wildman–Crippen MR) is 142 cm³/mol. The molecule has 182 valence electrons. The van der Waals surface area contributed by atoms with Gasteiger partial charge in [-0.2, -0.15) is 0 Å². The largest absolute Gasteiger partial charge is 0.507 e. The molecule has 0 saturated carbocycles. The highest BCUT2D eigenvalue weighted by atomic mass is 35.5. The molecule has 0 radical (unpaired) electrons. The van der Waals surface area contributed by atoms with Gasteiger partial charge in [0.15, 0.2) is 0 Å². The molecule has 5 rings (SSSR count). The molecule has 4 aromatic rings. The highest BCUT2D eigenvalue weighted by molar-refractivity contribution is 6.52. The summed E-state index contributed by atoms with van der Waals surface area (Å²) >= 11 is 6.31. The maximum atomic E-state index is 13.5. The number of ether oxygens (including phenoxy) is 1. The number of anilines is 1. The minimum Gasteiger partial charge on any atom is -0.507 e. The number of aromatic nitrogens is 1. The number of halogens is 1. The number of Topliss-reactive ketones (excluding diaryl/α,β-unsaturated/α-hetero) is 1. The summed E-state index contributed by atoms with van der Waals surface area (Å²) in [4.78, 5) is 28.4. The third-order valence-corrected chi connectivity index (χ3v) is 7.01. The van der Waals surface area contributed by atoms with Gasteiger partial charge >= 0.3 is 0 Å². The molecule has 0 bridgehead atoms. The Morgan fingerprint density at radius 3 is 2.44 bits per heavy atom. The molecule has 1 atom stereocenters. The quantitative estimate of drug-likeness (QED) is 0.206. The molecule has 0 aliphatic carbocycles. The van der Waals surface area contributed by atoms with Crippen molar-refractivity contribution >= 4 is 45.6 Å². The number of nitrogens with zero attached hydrogens (tertiary/aromatic N) is 2. The lowest BCUT2D eigenvalue weighted by Gasteiger charge is -2.25. The lowest BCUT2D eigenvalue weighted by Crippen LogP contribution is -2.29. The summed E-state index contributed by atoms with van der Waals surface area (Å²) in [5, 5.41) is 12.6. The standard InChI is InChI=1S/C29H25ClN2O4/c1-4-17-9-12-19(13-10-17)32-26(21-16-31(2)23-8-6-5-7-20(21)23)25(28(34)29(32)35)27(33)18-11-14-24(36-3)22(30)15-18/h5-16,26,33H,4H2,1-3H3/b27-25+. The number of carbonyl (C=O) groups excluding carboxylic acids is 2. The van der Waals surface area contributed by atoms with Crippen molar-refractivity contribution in [3.05, 3.63) is 100 Å². The number of aryl methyl sites for hydroxylation is 2. The fourth-order valence-corrected chi connectivity index (χ4v) is 5.10. The maximum absolute atomic E-state index is 13.5. The second-order valence-electron chi connectivity index (χ2n) is 8.75. The molecule has 1 aliphatic rings. The number of amides is 1. The molecule has 2 heterocycles. The molecule has 1 N–H and O–H groups in total. The number of fused-ring (bicyclic) bond motifs is 1. The van der Waals surface area contributed by atoms with Crippen molar-refractivity contribution in [1.82, 2.24) is 4.57 Å². The van der Waals surface area contributed by atoms with E-state index < -0.39 is 17.7 Å². The van der Waals surface area contributed by atoms with Crippen LogP contribution >= 0.6 is 11.6 Å². The van der Waals surface area contributed by atoms with E-state index in [9.17, 15) is 14.7 Å². The number of benzene rings is 3. The fraction of sp³-hybridized carbons (Fsp3) is 0.172. The Labute approximate surface area is 214 Å². The van der Waals surface area contributed by atoms with Crippen LogP contribution in [0.1, 0.15) is 29.7 Å². The fourth-order valence-electron chi connectivity index (χ4n) is 4.85. The zero-order valence-electron chi connectivity index (χ0n) is 20.2. The van der Waals surface area contributed by atoms with Crippen LogP contribution in [0.4, 0.5) is 5.69 Å². The molecule has 1 aliphatic heterocycles. The average molecular weight is 501 g/mol. The lowest BCUT2D eigenvalue weighted by molar-refractivity contribution is -0.132. The van der Waals surface area contributed by atoms with Gasteiger partial charge in [-0.15, -0.1) is 0 Å². The van der Waals surface area contributed by atoms with Crippen LogP contribution < -0.4 is 9.64 Å². The minimum absolute atomic E-state index is 0.0113. The van der Waals surface area contributed by atoms with Crippen LogP contribution in [-0.2, 0) is 23.1 Å². The maximum Gasteiger partial charge on any atom is 0.300 e. The zero-order chi connectivity index (χ0) is 25.6. The number of para-hydroxylation sites is 1. The van der Waals surface area contributed by atoms with Gasteiger partial charge in [0.1, 0.15) is 11.5 Å². The minimum atomic E-state index is -0.829. The molecule has 1 aromatic heterocycles. The summed E-state index contributed by atoms with van der Waals surface area (Å²) < 4.78 is 7.17. The number of aliphatic hydroxyl groups is 1. The van der Waals surface area contributed by atoms with Crippen LogP contribution in [0.2, 0.25) is 5.02 Å². The number of aliphatic hydroxyl groups excluding tert-OH is 1. The van der Waals surface area contributed by atoms with E-state index in [4.69, 9.17) is 16.3 Å². The van der Waals surface area contributed by atoms with Crippen molar-refractivity contribution in [2.24, 2.45) is 7.05 Å². The normalized spacial score (nSPS) is 17.2. The van der Waals surface area contributed by atoms with Gasteiger partial charge in [-0.1, -0.05) is 48.9 Å². The van der Waals surface area contributed by atoms with Crippen molar-refractivity contribution in [1.29, 1.82) is 0 Å². The van der Waals surface area contributed by atoms with Crippen LogP contribution in [0.3, 0.4) is 0 Å². The SMILES string of the molecule is CCc1ccc(N2C(=O)C(=O)/C(=C(/O)c3ccc(OC)c(Cl)c3)C2c2cn(C)c3ccccc23)cc1. The van der Waals surface area contributed by atoms with E-state index in [2.05, 4.69) is 6.92 Å². The monoisotopic (exact) mass is 500 g/mol. The topological polar surface area (TPSA) is 71.8 Å². The number of rotatable bonds is 5. The first kappa shape index (κ1) is 23.7. The average Bonchev–Trinajstić information content (AvgIpc) is 3.36. The van der Waals surface area contributed by atoms with Gasteiger partial charge in [0.25, 0.3) is 11.7 Å². The van der Waals surface area contributed by atoms with Crippen LogP contribution in [-0.4, -0.2) is 28.5 Å². The zero-order valence-corrected chi connectivity index (χ0v) is 20.9. The van der Waals surface area contributed by atoms with Crippen molar-refractivity contribution in [2.75, 3.05) is 12.0 Å². The predicted octanol–water partition coefficient (Wildman–Crippen LogP) is 6.03. The number of hydrogen-bond acceptors (Lipinski definition) is 4. The summed E-state index contributed by atoms with van der Waals surface area (Å²) in [7, 11) is 3.41. The van der Waals surface area contributed by atoms with Crippen molar-refractivity contribution < 1.29 is 19.4 Å². The first-order valence-corrected chi connectivity index (χ1v) is 12.0. The smallest absolute Gasteiger partial charge is 0.300 e. The van der Waals surface area contributed by atoms with Crippen LogP contribution in [0.25, 0.3) is 16.7 Å². The molecule has 1 fully saturated rings. The molecule has 3 aromatic carbocycles. The molecule has 0 spiro atoms. The van der Waals surface area contributed by atoms with E-state index in [-0.39, 0.29) is 16.4 Å². The molecule has 36 heavy (non-hydrogen) atoms. The highest BCUT2D eigenvalue weighted by Gasteiger charge is 2.47. The van der Waals surface area contributed by atoms with E-state index in [1.54, 1.807) is 12.1 Å². The lowest BCUT2D eigenvalue weighted by atomic mass is 9.94. The Balaban J connectivity index is 1.77. The molecular formula is C29H25ClN2O4. The second-order valence-corrected chi connectivity index (χ2v) is 9.16. The van der Waals surface area contributed by atoms with Gasteiger partial charge in [-0.05, 0) is 48.4 Å². The molecule has 1 amide bonds. The first-order valence-electron chi connectivity index (χ1n) is 11.6. The summed E-state index contributed by atoms with van der Waals surface area (Å²) in [6.45, 7) is 2.05. The molecule has 6 nitrogen and oxygen atoms in total. The van der Waals surface area contributed by atoms with Gasteiger partial charge in [0, 0.05) is 41.0 Å². The third-order valence-electron chi connectivity index (χ3n) is 6.71. The molecule has 1 unspecified atom stereocenters. The van der Waals surface area contributed by atoms with Gasteiger partial charge < -0.3 is 14.4 Å². The van der Waals surface area contributed by atoms with E-state index in [1.165, 1.54) is 18.1 Å². The molecule has 7 heteroatoms. The highest BCUT2D eigenvalue weighted by Crippen LogP contribution is 2.45. The number of hydrogen-bond donors (Lipinski definition) is 1. The van der Waals surface area contributed by atoms with Gasteiger partial charge in [-0.3, -0.25) is 14.5 Å². The van der Waals surface area contributed by atoms with E-state index in [1.807, 2.05) is 66.3 Å². The number of ketones is 1. The van der Waals surface area contributed by atoms with Crippen LogP contribution in [0.15, 0.2) is 78.5 Å². The van der Waals surface area contributed by atoms with Crippen molar-refractivity contribution in [2.45, 2.75) is 19.4 Å². The van der Waals surface area contributed by atoms with Gasteiger partial charge in [0.2, 0.25) is 0 Å². The Bertz CT molecular complexity index is 1530.